The number of ether oxygens (including phenoxy) is 6. The summed E-state index contributed by atoms with van der Waals surface area (Å²) in [6.45, 7) is 10.8. The van der Waals surface area contributed by atoms with Crippen LogP contribution in [-0.4, -0.2) is 197 Å². The van der Waals surface area contributed by atoms with Crippen molar-refractivity contribution in [2.75, 3.05) is 107 Å². The number of nitrogens with zero attached hydrogens (tertiary/aromatic N) is 4. The first-order valence-electron chi connectivity index (χ1n) is 37.5. The number of benzene rings is 4. The summed E-state index contributed by atoms with van der Waals surface area (Å²) in [5.41, 5.74) is 2.79. The number of unbranched alkanes of at least 4 members (excludes halogenated alkanes) is 1. The van der Waals surface area contributed by atoms with E-state index in [2.05, 4.69) is 47.3 Å². The number of esters is 3. The van der Waals surface area contributed by atoms with Crippen molar-refractivity contribution in [1.29, 1.82) is 0 Å². The van der Waals surface area contributed by atoms with Crippen molar-refractivity contribution in [1.82, 2.24) is 45.9 Å². The molecular weight excluding hydrogens is 1470 g/mol. The van der Waals surface area contributed by atoms with E-state index in [4.69, 9.17) is 33.4 Å². The summed E-state index contributed by atoms with van der Waals surface area (Å²) in [5.74, 6) is -6.55. The standard InChI is InChI=1S/C78H99N13O20S/c1-8-30-79-75(101)83-52-19-16-21-54(42-52)112(104,105)88-53-20-15-18-49(41-53)61(44-66(93)94)86-77(103)82-51-27-25-50(26-28-51)81-76(102)80-31-36-107-38-40-108-39-37-106-35-29-65(92)84-62(45-67(95)109-34-14-13-32-89(6)7)72(98)90-33-17-24-63(90)70(96)87-68(48(4)5)73(99)111-78(10-3)59-43-64-69-57(46-91(64)71(97)58(59)47-110-74(78)100)55(9-2)56-22-11-12-23-60(56)85-69/h11-12,15-16,18-23,25-28,41-43,48,61-63,68,88H,8-10,13-14,17,24,29-40,44-47H2,1-7H3,(H,84,92)(H,87,96)(H,93,94)(H2,79,83,101)(H2,80,81,102)(H2,82,86,103). The van der Waals surface area contributed by atoms with E-state index >= 15 is 0 Å². The number of para-hydroxylation sites is 1. The van der Waals surface area contributed by atoms with Gasteiger partial charge in [-0.05, 0) is 149 Å². The number of aromatic nitrogens is 2. The number of anilines is 4. The molecule has 5 unspecified atom stereocenters. The molecule has 0 aliphatic carbocycles. The maximum atomic E-state index is 14.6. The second-order valence-electron chi connectivity index (χ2n) is 27.7. The quantitative estimate of drug-likeness (QED) is 0.0105. The number of likely N-dealkylation sites (tertiary alicyclic amines) is 1. The van der Waals surface area contributed by atoms with Gasteiger partial charge in [-0.3, -0.25) is 33.5 Å². The highest BCUT2D eigenvalue weighted by atomic mass is 32.2. The Balaban J connectivity index is 0.690. The van der Waals surface area contributed by atoms with E-state index in [1.54, 1.807) is 31.4 Å². The molecule has 0 bridgehead atoms. The van der Waals surface area contributed by atoms with Gasteiger partial charge >= 0.3 is 42.0 Å². The van der Waals surface area contributed by atoms with Crippen LogP contribution in [0, 0.1) is 5.92 Å². The third kappa shape index (κ3) is 22.6. The van der Waals surface area contributed by atoms with E-state index in [0.29, 0.717) is 55.0 Å². The lowest BCUT2D eigenvalue weighted by molar-refractivity contribution is -0.191. The van der Waals surface area contributed by atoms with Crippen molar-refractivity contribution in [2.45, 2.75) is 147 Å². The second kappa shape index (κ2) is 40.2. The lowest BCUT2D eigenvalue weighted by atomic mass is 9.85. The molecule has 4 aromatic carbocycles. The number of hydrogen-bond acceptors (Lipinski definition) is 21. The maximum Gasteiger partial charge on any atom is 0.355 e. The summed E-state index contributed by atoms with van der Waals surface area (Å²) in [6.07, 6.45) is 1.76. The fourth-order valence-electron chi connectivity index (χ4n) is 13.3. The number of rotatable bonds is 40. The lowest BCUT2D eigenvalue weighted by Crippen LogP contribution is -2.57. The van der Waals surface area contributed by atoms with Crippen LogP contribution in [0.4, 0.5) is 37.1 Å². The van der Waals surface area contributed by atoms with E-state index in [1.165, 1.54) is 77.7 Å². The summed E-state index contributed by atoms with van der Waals surface area (Å²) in [6, 6.07) is 20.1. The predicted molar refractivity (Wildman–Crippen MR) is 413 cm³/mol. The van der Waals surface area contributed by atoms with Crippen molar-refractivity contribution in [3.63, 3.8) is 0 Å². The number of aliphatic carboxylic acids is 1. The summed E-state index contributed by atoms with van der Waals surface area (Å²) in [7, 11) is -0.354. The molecule has 1 saturated heterocycles. The number of carboxylic acid groups (broad SMARTS) is 1. The molecular formula is C78H99N13O20S. The highest BCUT2D eigenvalue weighted by Crippen LogP contribution is 2.43. The SMILES string of the molecule is CCCNC(=O)Nc1cccc(S(=O)(=O)Nc2cccc(C(CC(=O)O)NC(=O)Nc3ccc(NC(=O)NCCOCCOCCOCCC(=O)NC(CC(=O)OCCCCN(C)C)C(=O)N4CCCC4C(=O)NC(C(=O)OC4(CC)C(=O)OCc5c4cc4n(c5=O)Cc5c-4nc4ccccc4c5CC)C(C)C)cc3)c2)c1. The Kier molecular flexibility index (Phi) is 30.5. The molecule has 9 amide bonds. The molecule has 33 nitrogen and oxygen atoms in total. The number of cyclic esters (lactones) is 1. The number of carboxylic acids is 1. The average molecular weight is 1570 g/mol. The normalized spacial score (nSPS) is 15.7. The topological polar surface area (TPSA) is 430 Å². The van der Waals surface area contributed by atoms with Gasteiger partial charge in [0.2, 0.25) is 23.3 Å². The van der Waals surface area contributed by atoms with E-state index in [0.717, 1.165) is 35.0 Å². The Morgan fingerprint density at radius 2 is 1.38 bits per heavy atom. The molecule has 9 rings (SSSR count). The first-order valence-corrected chi connectivity index (χ1v) is 38.9. The minimum Gasteiger partial charge on any atom is -0.481 e. The highest BCUT2D eigenvalue weighted by Gasteiger charge is 2.52. The van der Waals surface area contributed by atoms with Gasteiger partial charge in [0.15, 0.2) is 0 Å². The first-order chi connectivity index (χ1) is 53.7. The largest absolute Gasteiger partial charge is 0.481 e. The van der Waals surface area contributed by atoms with Gasteiger partial charge in [0.25, 0.3) is 15.6 Å². The number of fused-ring (bicyclic) bond motifs is 5. The Hall–Kier alpha value is -11.1. The van der Waals surface area contributed by atoms with Gasteiger partial charge in [-0.25, -0.2) is 37.4 Å². The van der Waals surface area contributed by atoms with Crippen LogP contribution in [0.15, 0.2) is 113 Å². The molecule has 0 radical (unpaired) electrons. The number of carbonyl (C=O) groups excluding carboxylic acids is 9. The number of pyridine rings is 2. The molecule has 6 aromatic rings. The van der Waals surface area contributed by atoms with Crippen molar-refractivity contribution < 1.29 is 89.9 Å². The van der Waals surface area contributed by atoms with Crippen LogP contribution in [0.5, 0.6) is 0 Å². The fraction of sp³-hybridized carbons (Fsp3) is 0.462. The van der Waals surface area contributed by atoms with Gasteiger partial charge < -0.3 is 90.4 Å². The van der Waals surface area contributed by atoms with E-state index in [-0.39, 0.29) is 125 Å². The van der Waals surface area contributed by atoms with Crippen molar-refractivity contribution in [2.24, 2.45) is 5.92 Å². The fourth-order valence-corrected chi connectivity index (χ4v) is 14.4. The molecule has 10 N–H and O–H groups in total. The monoisotopic (exact) mass is 1570 g/mol. The van der Waals surface area contributed by atoms with Crippen LogP contribution in [-0.2, 0) is 97.2 Å². The zero-order valence-corrected chi connectivity index (χ0v) is 64.7. The summed E-state index contributed by atoms with van der Waals surface area (Å²) in [4.78, 5) is 157. The third-order valence-electron chi connectivity index (χ3n) is 18.9. The van der Waals surface area contributed by atoms with Crippen molar-refractivity contribution in [3.05, 3.63) is 141 Å². The molecule has 5 atom stereocenters. The molecule has 34 heteroatoms. The molecule has 3 aliphatic heterocycles. The van der Waals surface area contributed by atoms with Crippen LogP contribution >= 0.6 is 0 Å². The summed E-state index contributed by atoms with van der Waals surface area (Å²) < 4.78 is 65.0. The van der Waals surface area contributed by atoms with Crippen LogP contribution in [0.1, 0.15) is 126 Å². The van der Waals surface area contributed by atoms with E-state index < -0.39 is 124 Å². The predicted octanol–water partition coefficient (Wildman–Crippen LogP) is 7.02. The number of amides is 9. The van der Waals surface area contributed by atoms with Gasteiger partial charge in [-0.15, -0.1) is 0 Å². The molecule has 112 heavy (non-hydrogen) atoms. The molecule has 5 heterocycles. The first kappa shape index (κ1) is 84.9. The second-order valence-corrected chi connectivity index (χ2v) is 29.4. The van der Waals surface area contributed by atoms with Crippen molar-refractivity contribution in [3.8, 4) is 11.4 Å². The molecule has 1 fully saturated rings. The molecule has 0 saturated carbocycles. The van der Waals surface area contributed by atoms with Gasteiger partial charge in [-0.1, -0.05) is 71.0 Å². The zero-order chi connectivity index (χ0) is 80.7. The number of carbonyl (C=O) groups is 10. The number of aryl methyl sites for hydroxylation is 1. The Bertz CT molecular complexity index is 4580. The van der Waals surface area contributed by atoms with Crippen LogP contribution in [0.25, 0.3) is 22.3 Å². The maximum absolute atomic E-state index is 14.6. The minimum atomic E-state index is -4.19. The molecule has 602 valence electrons. The Labute approximate surface area is 648 Å². The van der Waals surface area contributed by atoms with Crippen LogP contribution in [0.3, 0.4) is 0 Å². The number of hydrogen-bond donors (Lipinski definition) is 10. The van der Waals surface area contributed by atoms with Gasteiger partial charge in [0.1, 0.15) is 24.7 Å². The van der Waals surface area contributed by atoms with Gasteiger partial charge in [-0.2, -0.15) is 0 Å². The van der Waals surface area contributed by atoms with Crippen molar-refractivity contribution >= 4 is 103 Å². The lowest BCUT2D eigenvalue weighted by Gasteiger charge is -2.37. The number of urea groups is 3. The van der Waals surface area contributed by atoms with Crippen LogP contribution < -0.4 is 52.8 Å². The third-order valence-corrected chi connectivity index (χ3v) is 20.3. The highest BCUT2D eigenvalue weighted by molar-refractivity contribution is 7.92. The molecule has 2 aromatic heterocycles. The minimum absolute atomic E-state index is 0.0736. The van der Waals surface area contributed by atoms with E-state index in [1.807, 2.05) is 57.1 Å². The Morgan fingerprint density at radius 1 is 0.714 bits per heavy atom. The van der Waals surface area contributed by atoms with Gasteiger partial charge in [0, 0.05) is 65.3 Å². The van der Waals surface area contributed by atoms with Crippen LogP contribution in [0.2, 0.25) is 0 Å². The Morgan fingerprint density at radius 3 is 2.07 bits per heavy atom. The molecule has 3 aliphatic rings. The van der Waals surface area contributed by atoms with E-state index in [9.17, 15) is 66.3 Å². The summed E-state index contributed by atoms with van der Waals surface area (Å²) in [5, 5.41) is 31.9. The average Bonchev–Trinajstić information content (AvgIpc) is 1.33. The number of nitrogens with one attached hydrogen (secondary N) is 9. The smallest absolute Gasteiger partial charge is 0.355 e. The molecule has 0 spiro atoms. The summed E-state index contributed by atoms with van der Waals surface area (Å²) >= 11 is 0. The zero-order valence-electron chi connectivity index (χ0n) is 63.9. The number of sulfonamides is 1. The van der Waals surface area contributed by atoms with Gasteiger partial charge in [0.05, 0.1) is 99.0 Å².